The molecule has 6 aliphatic carbocycles. The topological polar surface area (TPSA) is 80.9 Å². The summed E-state index contributed by atoms with van der Waals surface area (Å²) in [5.74, 6) is 16.4. The molecule has 4 heteroatoms. The van der Waals surface area contributed by atoms with Crippen molar-refractivity contribution in [2.45, 2.75) is 114 Å². The molecular formula is C40H46O4. The van der Waals surface area contributed by atoms with Crippen LogP contribution in [0.1, 0.15) is 112 Å². The molecule has 0 aliphatic heterocycles. The Balaban J connectivity index is 1.01. The molecule has 0 amide bonds. The quantitative estimate of drug-likeness (QED) is 0.250. The van der Waals surface area contributed by atoms with Gasteiger partial charge in [0.15, 0.2) is 0 Å². The van der Waals surface area contributed by atoms with Gasteiger partial charge in [-0.25, -0.2) is 0 Å². The summed E-state index contributed by atoms with van der Waals surface area (Å²) in [6.45, 7) is 4.52. The Hall–Kier alpha value is -2.92. The molecular weight excluding hydrogens is 544 g/mol. The fourth-order valence-corrected chi connectivity index (χ4v) is 11.8. The first-order valence-electron chi connectivity index (χ1n) is 17.2. The molecule has 4 saturated carbocycles. The molecule has 0 bridgehead atoms. The third-order valence-electron chi connectivity index (χ3n) is 14.3. The minimum atomic E-state index is -1.06. The van der Waals surface area contributed by atoms with Gasteiger partial charge in [0.05, 0.1) is 0 Å². The number of benzene rings is 2. The monoisotopic (exact) mass is 590 g/mol. The summed E-state index contributed by atoms with van der Waals surface area (Å²) in [5, 5.41) is 44.1. The van der Waals surface area contributed by atoms with Gasteiger partial charge in [0.2, 0.25) is 0 Å². The molecule has 4 fully saturated rings. The van der Waals surface area contributed by atoms with Crippen molar-refractivity contribution in [1.82, 2.24) is 0 Å². The molecule has 0 unspecified atom stereocenters. The van der Waals surface area contributed by atoms with E-state index in [1.54, 1.807) is 0 Å². The number of fused-ring (bicyclic) bond motifs is 10. The van der Waals surface area contributed by atoms with Crippen molar-refractivity contribution in [3.8, 4) is 35.2 Å². The highest BCUT2D eigenvalue weighted by atomic mass is 16.3. The van der Waals surface area contributed by atoms with E-state index in [9.17, 15) is 20.4 Å². The molecule has 0 aromatic heterocycles. The van der Waals surface area contributed by atoms with Gasteiger partial charge in [-0.05, 0) is 171 Å². The highest BCUT2D eigenvalue weighted by Crippen LogP contribution is 2.65. The van der Waals surface area contributed by atoms with E-state index in [0.29, 0.717) is 59.8 Å². The largest absolute Gasteiger partial charge is 0.508 e. The summed E-state index contributed by atoms with van der Waals surface area (Å²) >= 11 is 0. The predicted molar refractivity (Wildman–Crippen MR) is 171 cm³/mol. The molecule has 230 valence electrons. The molecule has 10 atom stereocenters. The van der Waals surface area contributed by atoms with Crippen molar-refractivity contribution in [2.75, 3.05) is 0 Å². The smallest absolute Gasteiger partial charge is 0.132 e. The van der Waals surface area contributed by atoms with Crippen LogP contribution in [-0.4, -0.2) is 31.6 Å². The zero-order valence-corrected chi connectivity index (χ0v) is 26.2. The normalized spacial score (nSPS) is 43.0. The van der Waals surface area contributed by atoms with Crippen molar-refractivity contribution in [1.29, 1.82) is 0 Å². The molecule has 4 nitrogen and oxygen atoms in total. The number of hydrogen-bond acceptors (Lipinski definition) is 4. The Kier molecular flexibility index (Phi) is 6.35. The molecule has 0 radical (unpaired) electrons. The second-order valence-electron chi connectivity index (χ2n) is 15.8. The number of phenolic OH excluding ortho intramolecular Hbond substituents is 2. The highest BCUT2D eigenvalue weighted by Gasteiger charge is 2.62. The first-order valence-corrected chi connectivity index (χ1v) is 17.2. The van der Waals surface area contributed by atoms with Crippen molar-refractivity contribution in [3.05, 3.63) is 58.7 Å². The first-order chi connectivity index (χ1) is 21.1. The number of aliphatic hydroxyl groups is 2. The molecule has 44 heavy (non-hydrogen) atoms. The minimum Gasteiger partial charge on any atom is -0.508 e. The highest BCUT2D eigenvalue weighted by molar-refractivity contribution is 5.43. The molecule has 2 aromatic rings. The molecule has 0 saturated heterocycles. The number of rotatable bonds is 0. The Morgan fingerprint density at radius 2 is 1.02 bits per heavy atom. The molecule has 0 spiro atoms. The van der Waals surface area contributed by atoms with Crippen LogP contribution in [0, 0.1) is 58.2 Å². The summed E-state index contributed by atoms with van der Waals surface area (Å²) in [4.78, 5) is 0. The van der Waals surface area contributed by atoms with E-state index in [1.165, 1.54) is 22.3 Å². The maximum atomic E-state index is 12.0. The number of aromatic hydroxyl groups is 2. The van der Waals surface area contributed by atoms with E-state index in [2.05, 4.69) is 49.7 Å². The van der Waals surface area contributed by atoms with E-state index in [0.717, 1.165) is 64.2 Å². The third-order valence-corrected chi connectivity index (χ3v) is 14.3. The van der Waals surface area contributed by atoms with Crippen molar-refractivity contribution < 1.29 is 20.4 Å². The Morgan fingerprint density at radius 1 is 0.591 bits per heavy atom. The second kappa shape index (κ2) is 9.79. The maximum absolute atomic E-state index is 12.0. The molecule has 0 heterocycles. The van der Waals surface area contributed by atoms with Gasteiger partial charge >= 0.3 is 0 Å². The van der Waals surface area contributed by atoms with Crippen LogP contribution in [-0.2, 0) is 12.8 Å². The Bertz CT molecular complexity index is 1520. The molecule has 4 N–H and O–H groups in total. The lowest BCUT2D eigenvalue weighted by Gasteiger charge is -2.52. The first kappa shape index (κ1) is 28.5. The summed E-state index contributed by atoms with van der Waals surface area (Å²) in [6.07, 6.45) is 11.5. The Morgan fingerprint density at radius 3 is 1.45 bits per heavy atom. The van der Waals surface area contributed by atoms with Gasteiger partial charge in [-0.2, -0.15) is 0 Å². The van der Waals surface area contributed by atoms with Crippen LogP contribution in [0.25, 0.3) is 0 Å². The van der Waals surface area contributed by atoms with Gasteiger partial charge in [-0.15, -0.1) is 0 Å². The van der Waals surface area contributed by atoms with Crippen LogP contribution in [0.5, 0.6) is 11.5 Å². The van der Waals surface area contributed by atoms with Crippen LogP contribution >= 0.6 is 0 Å². The van der Waals surface area contributed by atoms with Gasteiger partial charge in [0.1, 0.15) is 22.7 Å². The van der Waals surface area contributed by atoms with Gasteiger partial charge in [0, 0.05) is 10.8 Å². The van der Waals surface area contributed by atoms with E-state index in [-0.39, 0.29) is 10.8 Å². The summed E-state index contributed by atoms with van der Waals surface area (Å²) in [6, 6.07) is 11.8. The number of phenols is 2. The van der Waals surface area contributed by atoms with Crippen LogP contribution in [0.4, 0.5) is 0 Å². The zero-order chi connectivity index (χ0) is 30.5. The second-order valence-corrected chi connectivity index (χ2v) is 15.8. The van der Waals surface area contributed by atoms with Crippen molar-refractivity contribution >= 4 is 0 Å². The van der Waals surface area contributed by atoms with Gasteiger partial charge < -0.3 is 20.4 Å². The van der Waals surface area contributed by atoms with Gasteiger partial charge in [-0.3, -0.25) is 0 Å². The minimum absolute atomic E-state index is 0.259. The van der Waals surface area contributed by atoms with E-state index < -0.39 is 11.2 Å². The standard InChI is InChI=1S/C40H46O4/c1-37-19-13-31-29-11-7-27(41)23-25(29)5-9-33(31)35(37)15-21-39(37,43)17-3-4-18-40(44)22-16-36-34-10-6-26-24-28(42)8-12-30(26)32(34)14-20-38(36,40)2/h7-8,11-12,23-24,31-36,41-44H,5-6,9-10,13-16,19-22H2,1-2H3/t31-,32-,33-,34-,35+,36+,37+,38+,39+,40+/m1/s1. The summed E-state index contributed by atoms with van der Waals surface area (Å²) in [7, 11) is 0. The average Bonchev–Trinajstić information content (AvgIpc) is 3.44. The maximum Gasteiger partial charge on any atom is 0.132 e. The predicted octanol–water partition coefficient (Wildman–Crippen LogP) is 6.98. The summed E-state index contributed by atoms with van der Waals surface area (Å²) in [5.41, 5.74) is 2.75. The summed E-state index contributed by atoms with van der Waals surface area (Å²) < 4.78 is 0. The van der Waals surface area contributed by atoms with Crippen LogP contribution in [0.2, 0.25) is 0 Å². The Labute approximate surface area is 262 Å². The lowest BCUT2D eigenvalue weighted by atomic mass is 9.53. The molecule has 6 aliphatic rings. The number of hydrogen-bond donors (Lipinski definition) is 4. The van der Waals surface area contributed by atoms with Crippen molar-refractivity contribution in [3.63, 3.8) is 0 Å². The fourth-order valence-electron chi connectivity index (χ4n) is 11.8. The van der Waals surface area contributed by atoms with E-state index >= 15 is 0 Å². The molecule has 2 aromatic carbocycles. The van der Waals surface area contributed by atoms with Crippen molar-refractivity contribution in [2.24, 2.45) is 34.5 Å². The van der Waals surface area contributed by atoms with Crippen LogP contribution in [0.15, 0.2) is 36.4 Å². The van der Waals surface area contributed by atoms with Crippen LogP contribution < -0.4 is 0 Å². The SMILES string of the molecule is C[C@]12CC[C@@H]3c4ccc(O)cc4CC[C@H]3[C@@H]1CC[C@@]2(O)C#CC#C[C@]1(O)CC[C@H]2[C@@H]3CCc4cc(O)ccc4[C@H]3CC[C@@]21C. The molecule has 8 rings (SSSR count). The average molecular weight is 591 g/mol. The zero-order valence-electron chi connectivity index (χ0n) is 26.2. The van der Waals surface area contributed by atoms with Crippen LogP contribution in [0.3, 0.4) is 0 Å². The lowest BCUT2D eigenvalue weighted by Crippen LogP contribution is -2.50. The van der Waals surface area contributed by atoms with Gasteiger partial charge in [-0.1, -0.05) is 37.8 Å². The lowest BCUT2D eigenvalue weighted by molar-refractivity contribution is -0.0651. The van der Waals surface area contributed by atoms with E-state index in [1.807, 2.05) is 24.3 Å². The van der Waals surface area contributed by atoms with Gasteiger partial charge in [0.25, 0.3) is 0 Å². The third kappa shape index (κ3) is 3.93. The number of aryl methyl sites for hydroxylation is 2. The fraction of sp³-hybridized carbons (Fsp3) is 0.600. The van der Waals surface area contributed by atoms with E-state index in [4.69, 9.17) is 0 Å².